The van der Waals surface area contributed by atoms with Crippen molar-refractivity contribution >= 4 is 0 Å². The Hall–Kier alpha value is -0.160. The Labute approximate surface area is 85.9 Å². The first-order valence-electron chi connectivity index (χ1n) is 5.40. The Bertz CT molecular complexity index is 149. The molecule has 4 nitrogen and oxygen atoms in total. The van der Waals surface area contributed by atoms with Crippen LogP contribution < -0.4 is 5.32 Å². The Kier molecular flexibility index (Phi) is 5.40. The van der Waals surface area contributed by atoms with Gasteiger partial charge in [-0.3, -0.25) is 0 Å². The summed E-state index contributed by atoms with van der Waals surface area (Å²) in [5, 5.41) is 21.3. The van der Waals surface area contributed by atoms with Gasteiger partial charge in [0, 0.05) is 13.1 Å². The molecule has 0 spiro atoms. The fraction of sp³-hybridized carbons (Fsp3) is 1.00. The zero-order valence-corrected chi connectivity index (χ0v) is 8.95. The predicted molar refractivity (Wildman–Crippen MR) is 56.2 cm³/mol. The maximum absolute atomic E-state index is 9.25. The van der Waals surface area contributed by atoms with Gasteiger partial charge in [-0.2, -0.15) is 0 Å². The summed E-state index contributed by atoms with van der Waals surface area (Å²) in [7, 11) is 2.00. The molecule has 0 aromatic rings. The number of aliphatic hydroxyl groups is 2. The third-order valence-electron chi connectivity index (χ3n) is 2.76. The van der Waals surface area contributed by atoms with Crippen LogP contribution in [0.25, 0.3) is 0 Å². The van der Waals surface area contributed by atoms with E-state index < -0.39 is 6.10 Å². The number of rotatable bonds is 5. The van der Waals surface area contributed by atoms with E-state index in [0.29, 0.717) is 6.54 Å². The molecule has 1 heterocycles. The van der Waals surface area contributed by atoms with Gasteiger partial charge >= 0.3 is 0 Å². The van der Waals surface area contributed by atoms with Gasteiger partial charge in [0.2, 0.25) is 0 Å². The van der Waals surface area contributed by atoms with E-state index in [2.05, 4.69) is 10.2 Å². The highest BCUT2D eigenvalue weighted by molar-refractivity contribution is 4.72. The molecule has 0 aromatic carbocycles. The summed E-state index contributed by atoms with van der Waals surface area (Å²) < 4.78 is 0. The second-order valence-corrected chi connectivity index (χ2v) is 4.25. The van der Waals surface area contributed by atoms with Gasteiger partial charge in [0.1, 0.15) is 0 Å². The quantitative estimate of drug-likeness (QED) is 0.550. The summed E-state index contributed by atoms with van der Waals surface area (Å²) in [4.78, 5) is 2.11. The number of hydrogen-bond acceptors (Lipinski definition) is 4. The lowest BCUT2D eigenvalue weighted by Crippen LogP contribution is -2.38. The number of aliphatic hydroxyl groups excluding tert-OH is 2. The highest BCUT2D eigenvalue weighted by Gasteiger charge is 2.16. The number of nitrogens with one attached hydrogen (secondary N) is 1. The van der Waals surface area contributed by atoms with Gasteiger partial charge < -0.3 is 20.4 Å². The molecule has 1 unspecified atom stereocenters. The van der Waals surface area contributed by atoms with Gasteiger partial charge in [0.15, 0.2) is 0 Å². The van der Waals surface area contributed by atoms with Crippen molar-refractivity contribution in [2.45, 2.75) is 18.9 Å². The van der Waals surface area contributed by atoms with Gasteiger partial charge in [0.25, 0.3) is 0 Å². The fourth-order valence-electron chi connectivity index (χ4n) is 2.00. The summed E-state index contributed by atoms with van der Waals surface area (Å²) in [6.45, 7) is 3.68. The summed E-state index contributed by atoms with van der Waals surface area (Å²) >= 11 is 0. The third-order valence-corrected chi connectivity index (χ3v) is 2.76. The van der Waals surface area contributed by atoms with Crippen LogP contribution in [0, 0.1) is 5.92 Å². The van der Waals surface area contributed by atoms with Crippen molar-refractivity contribution in [1.29, 1.82) is 0 Å². The van der Waals surface area contributed by atoms with Gasteiger partial charge in [-0.25, -0.2) is 0 Å². The molecule has 0 saturated carbocycles. The molecule has 0 amide bonds. The molecule has 1 fully saturated rings. The number of likely N-dealkylation sites (N-methyl/N-ethyl adjacent to an activating group) is 1. The number of nitrogens with zero attached hydrogens (tertiary/aromatic N) is 1. The minimum Gasteiger partial charge on any atom is -0.394 e. The van der Waals surface area contributed by atoms with Gasteiger partial charge in [-0.05, 0) is 38.9 Å². The zero-order valence-electron chi connectivity index (χ0n) is 8.95. The Balaban J connectivity index is 2.14. The van der Waals surface area contributed by atoms with Gasteiger partial charge in [-0.15, -0.1) is 0 Å². The van der Waals surface area contributed by atoms with Crippen molar-refractivity contribution in [2.24, 2.45) is 5.92 Å². The first-order chi connectivity index (χ1) is 6.72. The SMILES string of the molecule is CN(CC(O)CO)CC1CCNCC1. The van der Waals surface area contributed by atoms with E-state index in [-0.39, 0.29) is 6.61 Å². The van der Waals surface area contributed by atoms with E-state index in [9.17, 15) is 5.11 Å². The second-order valence-electron chi connectivity index (χ2n) is 4.25. The van der Waals surface area contributed by atoms with E-state index >= 15 is 0 Å². The van der Waals surface area contributed by atoms with Crippen LogP contribution >= 0.6 is 0 Å². The average Bonchev–Trinajstić information content (AvgIpc) is 2.19. The van der Waals surface area contributed by atoms with E-state index in [0.717, 1.165) is 25.6 Å². The zero-order chi connectivity index (χ0) is 10.4. The molecule has 84 valence electrons. The topological polar surface area (TPSA) is 55.7 Å². The summed E-state index contributed by atoms with van der Waals surface area (Å²) in [5.74, 6) is 0.743. The summed E-state index contributed by atoms with van der Waals surface area (Å²) in [6, 6.07) is 0. The molecule has 1 rings (SSSR count). The van der Waals surface area contributed by atoms with Crippen LogP contribution in [-0.4, -0.2) is 61.1 Å². The molecule has 0 bridgehead atoms. The van der Waals surface area contributed by atoms with Crippen LogP contribution in [-0.2, 0) is 0 Å². The standard InChI is InChI=1S/C10H22N2O2/c1-12(7-10(14)8-13)6-9-2-4-11-5-3-9/h9-11,13-14H,2-8H2,1H3. The lowest BCUT2D eigenvalue weighted by atomic mass is 9.97. The molecule has 1 saturated heterocycles. The lowest BCUT2D eigenvalue weighted by molar-refractivity contribution is 0.0609. The van der Waals surface area contributed by atoms with Crippen molar-refractivity contribution in [3.63, 3.8) is 0 Å². The highest BCUT2D eigenvalue weighted by Crippen LogP contribution is 2.12. The van der Waals surface area contributed by atoms with Gasteiger partial charge in [-0.1, -0.05) is 0 Å². The molecule has 1 atom stereocenters. The van der Waals surface area contributed by atoms with Crippen LogP contribution in [0.4, 0.5) is 0 Å². The molecular weight excluding hydrogens is 180 g/mol. The van der Waals surface area contributed by atoms with Crippen molar-refractivity contribution in [2.75, 3.05) is 39.8 Å². The second kappa shape index (κ2) is 6.35. The molecule has 0 aliphatic carbocycles. The van der Waals surface area contributed by atoms with Crippen LogP contribution in [0.2, 0.25) is 0 Å². The van der Waals surface area contributed by atoms with Crippen LogP contribution in [0.15, 0.2) is 0 Å². The van der Waals surface area contributed by atoms with Crippen molar-refractivity contribution in [1.82, 2.24) is 10.2 Å². The van der Waals surface area contributed by atoms with Crippen molar-refractivity contribution < 1.29 is 10.2 Å². The largest absolute Gasteiger partial charge is 0.394 e. The van der Waals surface area contributed by atoms with E-state index in [1.807, 2.05) is 7.05 Å². The van der Waals surface area contributed by atoms with Crippen LogP contribution in [0.3, 0.4) is 0 Å². The predicted octanol–water partition coefficient (Wildman–Crippen LogP) is -0.729. The van der Waals surface area contributed by atoms with E-state index in [1.165, 1.54) is 12.8 Å². The molecule has 3 N–H and O–H groups in total. The smallest absolute Gasteiger partial charge is 0.0897 e. The molecule has 1 aliphatic rings. The van der Waals surface area contributed by atoms with E-state index in [1.54, 1.807) is 0 Å². The summed E-state index contributed by atoms with van der Waals surface area (Å²) in [6.07, 6.45) is 1.85. The molecule has 0 aromatic heterocycles. The highest BCUT2D eigenvalue weighted by atomic mass is 16.3. The normalized spacial score (nSPS) is 21.4. The van der Waals surface area contributed by atoms with Crippen LogP contribution in [0.5, 0.6) is 0 Å². The first kappa shape index (κ1) is 11.9. The van der Waals surface area contributed by atoms with Crippen molar-refractivity contribution in [3.8, 4) is 0 Å². The monoisotopic (exact) mass is 202 g/mol. The molecule has 1 aliphatic heterocycles. The van der Waals surface area contributed by atoms with Crippen LogP contribution in [0.1, 0.15) is 12.8 Å². The Morgan fingerprint density at radius 2 is 2.07 bits per heavy atom. The molecule has 14 heavy (non-hydrogen) atoms. The minimum absolute atomic E-state index is 0.142. The average molecular weight is 202 g/mol. The maximum Gasteiger partial charge on any atom is 0.0897 e. The lowest BCUT2D eigenvalue weighted by Gasteiger charge is -2.28. The summed E-state index contributed by atoms with van der Waals surface area (Å²) in [5.41, 5.74) is 0. The Morgan fingerprint density at radius 1 is 1.43 bits per heavy atom. The van der Waals surface area contributed by atoms with Crippen molar-refractivity contribution in [3.05, 3.63) is 0 Å². The van der Waals surface area contributed by atoms with E-state index in [4.69, 9.17) is 5.11 Å². The first-order valence-corrected chi connectivity index (χ1v) is 5.40. The minimum atomic E-state index is -0.596. The number of hydrogen-bond donors (Lipinski definition) is 3. The maximum atomic E-state index is 9.25. The Morgan fingerprint density at radius 3 is 2.64 bits per heavy atom. The molecular formula is C10H22N2O2. The third kappa shape index (κ3) is 4.37. The molecule has 4 heteroatoms. The number of piperidine rings is 1. The molecule has 0 radical (unpaired) electrons. The van der Waals surface area contributed by atoms with Gasteiger partial charge in [0.05, 0.1) is 12.7 Å². The fourth-order valence-corrected chi connectivity index (χ4v) is 2.00.